The first-order valence-electron chi connectivity index (χ1n) is 7.91. The van der Waals surface area contributed by atoms with Crippen LogP contribution in [0.4, 0.5) is 0 Å². The van der Waals surface area contributed by atoms with Crippen LogP contribution in [0.2, 0.25) is 0 Å². The quantitative estimate of drug-likeness (QED) is 0.612. The molecule has 2 N–H and O–H groups in total. The van der Waals surface area contributed by atoms with Gasteiger partial charge in [0.15, 0.2) is 0 Å². The first-order chi connectivity index (χ1) is 9.23. The van der Waals surface area contributed by atoms with E-state index in [1.165, 1.54) is 11.1 Å². The summed E-state index contributed by atoms with van der Waals surface area (Å²) in [6, 6.07) is 0. The highest BCUT2D eigenvalue weighted by molar-refractivity contribution is 5.07. The average Bonchev–Trinajstić information content (AvgIpc) is 2.34. The maximum atomic E-state index is 10.1. The van der Waals surface area contributed by atoms with Crippen LogP contribution in [0.15, 0.2) is 23.3 Å². The van der Waals surface area contributed by atoms with Gasteiger partial charge in [-0.25, -0.2) is 0 Å². The molecular weight excluding hydrogens is 248 g/mol. The fourth-order valence-electron chi connectivity index (χ4n) is 1.90. The van der Waals surface area contributed by atoms with Crippen molar-refractivity contribution in [3.8, 4) is 0 Å². The third kappa shape index (κ3) is 9.33. The van der Waals surface area contributed by atoms with Crippen molar-refractivity contribution in [1.82, 2.24) is 0 Å². The number of aliphatic hydroxyl groups is 2. The Morgan fingerprint density at radius 1 is 0.900 bits per heavy atom. The Balaban J connectivity index is 4.60. The molecule has 0 aliphatic heterocycles. The van der Waals surface area contributed by atoms with Gasteiger partial charge >= 0.3 is 0 Å². The average molecular weight is 282 g/mol. The minimum Gasteiger partial charge on any atom is -0.393 e. The molecule has 0 saturated heterocycles. The third-order valence-electron chi connectivity index (χ3n) is 3.68. The second-order valence-corrected chi connectivity index (χ2v) is 6.75. The summed E-state index contributed by atoms with van der Waals surface area (Å²) < 4.78 is 0. The smallest absolute Gasteiger partial charge is 0.0600 e. The van der Waals surface area contributed by atoms with Gasteiger partial charge in [-0.15, -0.1) is 0 Å². The maximum absolute atomic E-state index is 10.1. The molecule has 118 valence electrons. The molecule has 2 nitrogen and oxygen atoms in total. The zero-order chi connectivity index (χ0) is 15.7. The van der Waals surface area contributed by atoms with Crippen molar-refractivity contribution in [2.24, 2.45) is 11.8 Å². The number of rotatable bonds is 9. The summed E-state index contributed by atoms with van der Waals surface area (Å²) in [5.41, 5.74) is 2.60. The summed E-state index contributed by atoms with van der Waals surface area (Å²) in [4.78, 5) is 0. The van der Waals surface area contributed by atoms with E-state index in [-0.39, 0.29) is 24.0 Å². The van der Waals surface area contributed by atoms with E-state index in [1.54, 1.807) is 0 Å². The molecule has 0 aliphatic carbocycles. The van der Waals surface area contributed by atoms with E-state index in [4.69, 9.17) is 0 Å². The van der Waals surface area contributed by atoms with Crippen LogP contribution in [0.3, 0.4) is 0 Å². The SMILES string of the molecule is CC(C)=CCC/C(=C/CC(O)C(C)C)CC(O)C(C)C. The topological polar surface area (TPSA) is 40.5 Å². The molecule has 2 atom stereocenters. The number of aliphatic hydroxyl groups excluding tert-OH is 2. The van der Waals surface area contributed by atoms with Crippen LogP contribution in [0.25, 0.3) is 0 Å². The van der Waals surface area contributed by atoms with Gasteiger partial charge in [-0.3, -0.25) is 0 Å². The molecule has 0 spiro atoms. The largest absolute Gasteiger partial charge is 0.393 e. The van der Waals surface area contributed by atoms with Crippen molar-refractivity contribution in [2.75, 3.05) is 0 Å². The summed E-state index contributed by atoms with van der Waals surface area (Å²) in [5, 5.41) is 20.0. The zero-order valence-electron chi connectivity index (χ0n) is 14.2. The van der Waals surface area contributed by atoms with Crippen LogP contribution in [0.1, 0.15) is 67.2 Å². The van der Waals surface area contributed by atoms with Crippen molar-refractivity contribution in [2.45, 2.75) is 79.4 Å². The Bertz CT molecular complexity index is 309. The van der Waals surface area contributed by atoms with Gasteiger partial charge in [-0.05, 0) is 51.4 Å². The van der Waals surface area contributed by atoms with E-state index in [1.807, 2.05) is 27.7 Å². The van der Waals surface area contributed by atoms with Crippen LogP contribution >= 0.6 is 0 Å². The van der Waals surface area contributed by atoms with E-state index < -0.39 is 0 Å². The van der Waals surface area contributed by atoms with Crippen LogP contribution in [0, 0.1) is 11.8 Å². The molecule has 0 aliphatic rings. The second-order valence-electron chi connectivity index (χ2n) is 6.75. The Hall–Kier alpha value is -0.600. The molecule has 0 radical (unpaired) electrons. The fourth-order valence-corrected chi connectivity index (χ4v) is 1.90. The Morgan fingerprint density at radius 2 is 1.45 bits per heavy atom. The second kappa shape index (κ2) is 10.2. The van der Waals surface area contributed by atoms with E-state index in [0.717, 1.165) is 19.3 Å². The minimum atomic E-state index is -0.288. The van der Waals surface area contributed by atoms with E-state index in [2.05, 4.69) is 26.0 Å². The van der Waals surface area contributed by atoms with Crippen molar-refractivity contribution >= 4 is 0 Å². The standard InChI is InChI=1S/C18H34O2/c1-13(2)8-7-9-16(12-18(20)15(5)6)10-11-17(19)14(3)4/h8,10,14-15,17-20H,7,9,11-12H2,1-6H3/b16-10-. The Labute approximate surface area is 125 Å². The zero-order valence-corrected chi connectivity index (χ0v) is 14.2. The Morgan fingerprint density at radius 3 is 1.90 bits per heavy atom. The lowest BCUT2D eigenvalue weighted by atomic mass is 9.94. The van der Waals surface area contributed by atoms with Gasteiger partial charge in [0.05, 0.1) is 12.2 Å². The molecule has 0 amide bonds. The molecule has 0 bridgehead atoms. The van der Waals surface area contributed by atoms with Gasteiger partial charge in [-0.1, -0.05) is 51.0 Å². The monoisotopic (exact) mass is 282 g/mol. The number of allylic oxidation sites excluding steroid dienone is 2. The molecule has 0 aromatic carbocycles. The fraction of sp³-hybridized carbons (Fsp3) is 0.778. The lowest BCUT2D eigenvalue weighted by Gasteiger charge is -2.18. The summed E-state index contributed by atoms with van der Waals surface area (Å²) in [6.45, 7) is 12.4. The minimum absolute atomic E-state index is 0.275. The highest BCUT2D eigenvalue weighted by Gasteiger charge is 2.13. The Kier molecular flexibility index (Phi) is 9.87. The molecule has 20 heavy (non-hydrogen) atoms. The van der Waals surface area contributed by atoms with Crippen LogP contribution in [-0.4, -0.2) is 22.4 Å². The highest BCUT2D eigenvalue weighted by Crippen LogP contribution is 2.20. The molecule has 2 unspecified atom stereocenters. The first-order valence-corrected chi connectivity index (χ1v) is 7.91. The van der Waals surface area contributed by atoms with Gasteiger partial charge in [-0.2, -0.15) is 0 Å². The molecule has 0 saturated carbocycles. The summed E-state index contributed by atoms with van der Waals surface area (Å²) in [7, 11) is 0. The van der Waals surface area contributed by atoms with Crippen molar-refractivity contribution in [3.63, 3.8) is 0 Å². The third-order valence-corrected chi connectivity index (χ3v) is 3.68. The molecule has 0 aromatic heterocycles. The van der Waals surface area contributed by atoms with E-state index >= 15 is 0 Å². The van der Waals surface area contributed by atoms with Gasteiger partial charge in [0.2, 0.25) is 0 Å². The molecule has 0 fully saturated rings. The predicted molar refractivity (Wildman–Crippen MR) is 87.7 cm³/mol. The van der Waals surface area contributed by atoms with Crippen molar-refractivity contribution in [3.05, 3.63) is 23.3 Å². The molecular formula is C18H34O2. The van der Waals surface area contributed by atoms with Gasteiger partial charge in [0.25, 0.3) is 0 Å². The number of hydrogen-bond acceptors (Lipinski definition) is 2. The first kappa shape index (κ1) is 19.4. The molecule has 0 aromatic rings. The van der Waals surface area contributed by atoms with Crippen LogP contribution in [0.5, 0.6) is 0 Å². The van der Waals surface area contributed by atoms with Gasteiger partial charge < -0.3 is 10.2 Å². The summed E-state index contributed by atoms with van der Waals surface area (Å²) in [5.74, 6) is 0.553. The lowest BCUT2D eigenvalue weighted by Crippen LogP contribution is -2.16. The van der Waals surface area contributed by atoms with Gasteiger partial charge in [0.1, 0.15) is 0 Å². The van der Waals surface area contributed by atoms with E-state index in [0.29, 0.717) is 6.42 Å². The number of hydrogen-bond donors (Lipinski definition) is 2. The maximum Gasteiger partial charge on any atom is 0.0600 e. The van der Waals surface area contributed by atoms with Crippen LogP contribution in [-0.2, 0) is 0 Å². The predicted octanol–water partition coefficient (Wildman–Crippen LogP) is 4.47. The molecule has 0 heterocycles. The van der Waals surface area contributed by atoms with Crippen molar-refractivity contribution in [1.29, 1.82) is 0 Å². The highest BCUT2D eigenvalue weighted by atomic mass is 16.3. The summed E-state index contributed by atoms with van der Waals surface area (Å²) in [6.07, 6.45) is 7.18. The lowest BCUT2D eigenvalue weighted by molar-refractivity contribution is 0.121. The van der Waals surface area contributed by atoms with Gasteiger partial charge in [0, 0.05) is 0 Å². The normalized spacial score (nSPS) is 15.6. The summed E-state index contributed by atoms with van der Waals surface area (Å²) >= 11 is 0. The van der Waals surface area contributed by atoms with E-state index in [9.17, 15) is 10.2 Å². The van der Waals surface area contributed by atoms with Crippen molar-refractivity contribution < 1.29 is 10.2 Å². The van der Waals surface area contributed by atoms with Crippen LogP contribution < -0.4 is 0 Å². The molecule has 0 rings (SSSR count). The molecule has 2 heteroatoms.